The number of anilines is 1. The Morgan fingerprint density at radius 1 is 1.71 bits per heavy atom. The number of aromatic nitrogens is 1. The molecular formula is C10H17N3S. The van der Waals surface area contributed by atoms with Gasteiger partial charge in [0, 0.05) is 30.9 Å². The molecule has 1 aliphatic carbocycles. The van der Waals surface area contributed by atoms with Gasteiger partial charge in [0.05, 0.1) is 5.69 Å². The number of nitrogens with zero attached hydrogens (tertiary/aromatic N) is 2. The van der Waals surface area contributed by atoms with Gasteiger partial charge in [0.2, 0.25) is 0 Å². The van der Waals surface area contributed by atoms with E-state index in [1.54, 1.807) is 11.3 Å². The largest absolute Gasteiger partial charge is 0.348 e. The van der Waals surface area contributed by atoms with Gasteiger partial charge in [-0.3, -0.25) is 0 Å². The number of rotatable bonds is 4. The molecule has 1 unspecified atom stereocenters. The Morgan fingerprint density at radius 3 is 3.00 bits per heavy atom. The summed E-state index contributed by atoms with van der Waals surface area (Å²) in [5, 5.41) is 3.27. The van der Waals surface area contributed by atoms with Crippen LogP contribution >= 0.6 is 11.3 Å². The molecule has 1 saturated carbocycles. The van der Waals surface area contributed by atoms with Gasteiger partial charge in [0.15, 0.2) is 5.13 Å². The van der Waals surface area contributed by atoms with E-state index in [4.69, 9.17) is 5.73 Å². The van der Waals surface area contributed by atoms with Crippen molar-refractivity contribution in [3.63, 3.8) is 0 Å². The summed E-state index contributed by atoms with van der Waals surface area (Å²) >= 11 is 1.73. The third-order valence-corrected chi connectivity index (χ3v) is 3.71. The Bertz CT molecular complexity index is 306. The van der Waals surface area contributed by atoms with E-state index in [0.29, 0.717) is 12.5 Å². The molecule has 1 aliphatic rings. The first kappa shape index (κ1) is 9.93. The van der Waals surface area contributed by atoms with Gasteiger partial charge < -0.3 is 10.6 Å². The molecule has 4 heteroatoms. The van der Waals surface area contributed by atoms with Crippen molar-refractivity contribution in [2.45, 2.75) is 31.7 Å². The van der Waals surface area contributed by atoms with Crippen LogP contribution in [0.25, 0.3) is 0 Å². The molecule has 2 N–H and O–H groups in total. The summed E-state index contributed by atoms with van der Waals surface area (Å²) in [6, 6.07) is 0.738. The van der Waals surface area contributed by atoms with Gasteiger partial charge in [0.25, 0.3) is 0 Å². The van der Waals surface area contributed by atoms with Crippen LogP contribution in [0.1, 0.15) is 31.4 Å². The maximum absolute atomic E-state index is 5.61. The highest BCUT2D eigenvalue weighted by atomic mass is 32.1. The molecule has 0 aromatic carbocycles. The van der Waals surface area contributed by atoms with Crippen molar-refractivity contribution in [2.24, 2.45) is 5.73 Å². The predicted octanol–water partition coefficient (Wildman–Crippen LogP) is 1.80. The third kappa shape index (κ3) is 1.91. The van der Waals surface area contributed by atoms with E-state index in [-0.39, 0.29) is 0 Å². The van der Waals surface area contributed by atoms with E-state index >= 15 is 0 Å². The number of thiazole rings is 1. The maximum atomic E-state index is 5.61. The minimum absolute atomic E-state index is 0.382. The average Bonchev–Trinajstić information content (AvgIpc) is 2.93. The molecule has 0 bridgehead atoms. The molecular weight excluding hydrogens is 194 g/mol. The first-order chi connectivity index (χ1) is 6.72. The summed E-state index contributed by atoms with van der Waals surface area (Å²) < 4.78 is 0. The van der Waals surface area contributed by atoms with Crippen molar-refractivity contribution in [2.75, 3.05) is 18.5 Å². The zero-order chi connectivity index (χ0) is 10.1. The molecule has 0 saturated heterocycles. The minimum atomic E-state index is 0.382. The quantitative estimate of drug-likeness (QED) is 0.826. The second kappa shape index (κ2) is 3.87. The second-order valence-electron chi connectivity index (χ2n) is 4.03. The van der Waals surface area contributed by atoms with Gasteiger partial charge in [0.1, 0.15) is 0 Å². The van der Waals surface area contributed by atoms with Crippen LogP contribution in [0.5, 0.6) is 0 Å². The van der Waals surface area contributed by atoms with Crippen LogP contribution in [0.15, 0.2) is 5.38 Å². The molecule has 2 rings (SSSR count). The maximum Gasteiger partial charge on any atom is 0.185 e. The van der Waals surface area contributed by atoms with Gasteiger partial charge in [-0.1, -0.05) is 6.92 Å². The van der Waals surface area contributed by atoms with Crippen LogP contribution in [-0.4, -0.2) is 24.6 Å². The number of nitrogens with two attached hydrogens (primary N) is 1. The van der Waals surface area contributed by atoms with Crippen LogP contribution in [0.4, 0.5) is 5.13 Å². The Labute approximate surface area is 88.9 Å². The zero-order valence-electron chi connectivity index (χ0n) is 8.73. The lowest BCUT2D eigenvalue weighted by Gasteiger charge is -2.13. The highest BCUT2D eigenvalue weighted by molar-refractivity contribution is 7.13. The van der Waals surface area contributed by atoms with E-state index in [2.05, 4.69) is 29.2 Å². The van der Waals surface area contributed by atoms with Crippen LogP contribution in [0, 0.1) is 0 Å². The van der Waals surface area contributed by atoms with Gasteiger partial charge in [-0.05, 0) is 12.8 Å². The lowest BCUT2D eigenvalue weighted by Crippen LogP contribution is -2.19. The number of hydrogen-bond donors (Lipinski definition) is 1. The molecule has 1 heterocycles. The van der Waals surface area contributed by atoms with E-state index < -0.39 is 0 Å². The Morgan fingerprint density at radius 2 is 2.43 bits per heavy atom. The zero-order valence-corrected chi connectivity index (χ0v) is 9.55. The van der Waals surface area contributed by atoms with Gasteiger partial charge in [-0.25, -0.2) is 4.98 Å². The van der Waals surface area contributed by atoms with Crippen molar-refractivity contribution in [3.8, 4) is 0 Å². The number of hydrogen-bond acceptors (Lipinski definition) is 4. The van der Waals surface area contributed by atoms with E-state index in [1.807, 2.05) is 0 Å². The van der Waals surface area contributed by atoms with E-state index in [0.717, 1.165) is 16.9 Å². The van der Waals surface area contributed by atoms with Crippen LogP contribution in [0.2, 0.25) is 0 Å². The van der Waals surface area contributed by atoms with Crippen molar-refractivity contribution in [1.82, 2.24) is 4.98 Å². The first-order valence-electron chi connectivity index (χ1n) is 5.10. The summed E-state index contributed by atoms with van der Waals surface area (Å²) in [5.41, 5.74) is 6.75. The summed E-state index contributed by atoms with van der Waals surface area (Å²) in [4.78, 5) is 6.90. The molecule has 0 amide bonds. The fourth-order valence-corrected chi connectivity index (χ4v) is 2.39. The fourth-order valence-electron chi connectivity index (χ4n) is 1.40. The highest BCUT2D eigenvalue weighted by Crippen LogP contribution is 2.32. The third-order valence-electron chi connectivity index (χ3n) is 2.76. The topological polar surface area (TPSA) is 42.1 Å². The molecule has 1 atom stereocenters. The van der Waals surface area contributed by atoms with Gasteiger partial charge in [-0.15, -0.1) is 11.3 Å². The SMILES string of the molecule is CC(CN)c1csc(N(C)C2CC2)n1. The molecule has 0 spiro atoms. The molecule has 78 valence electrons. The van der Waals surface area contributed by atoms with Gasteiger partial charge in [-0.2, -0.15) is 0 Å². The first-order valence-corrected chi connectivity index (χ1v) is 5.98. The standard InChI is InChI=1S/C10H17N3S/c1-7(5-11)9-6-14-10(12-9)13(2)8-3-4-8/h6-8H,3-5,11H2,1-2H3. The molecule has 0 aliphatic heterocycles. The smallest absolute Gasteiger partial charge is 0.185 e. The lowest BCUT2D eigenvalue weighted by atomic mass is 10.1. The fraction of sp³-hybridized carbons (Fsp3) is 0.700. The van der Waals surface area contributed by atoms with Crippen molar-refractivity contribution in [1.29, 1.82) is 0 Å². The van der Waals surface area contributed by atoms with Crippen LogP contribution in [0.3, 0.4) is 0 Å². The molecule has 1 fully saturated rings. The van der Waals surface area contributed by atoms with Gasteiger partial charge >= 0.3 is 0 Å². The molecule has 3 nitrogen and oxygen atoms in total. The summed E-state index contributed by atoms with van der Waals surface area (Å²) in [5.74, 6) is 0.382. The molecule has 1 aromatic heterocycles. The van der Waals surface area contributed by atoms with Crippen molar-refractivity contribution < 1.29 is 0 Å². The minimum Gasteiger partial charge on any atom is -0.348 e. The highest BCUT2D eigenvalue weighted by Gasteiger charge is 2.28. The normalized spacial score (nSPS) is 18.2. The Balaban J connectivity index is 2.08. The van der Waals surface area contributed by atoms with E-state index in [9.17, 15) is 0 Å². The summed E-state index contributed by atoms with van der Waals surface area (Å²) in [6.45, 7) is 2.80. The molecule has 1 aromatic rings. The average molecular weight is 211 g/mol. The molecule has 14 heavy (non-hydrogen) atoms. The summed E-state index contributed by atoms with van der Waals surface area (Å²) in [7, 11) is 2.13. The Hall–Kier alpha value is -0.610. The van der Waals surface area contributed by atoms with Crippen LogP contribution in [-0.2, 0) is 0 Å². The predicted molar refractivity (Wildman–Crippen MR) is 61.0 cm³/mol. The van der Waals surface area contributed by atoms with Crippen molar-refractivity contribution in [3.05, 3.63) is 11.1 Å². The van der Waals surface area contributed by atoms with Crippen LogP contribution < -0.4 is 10.6 Å². The summed E-state index contributed by atoms with van der Waals surface area (Å²) in [6.07, 6.45) is 2.63. The Kier molecular flexibility index (Phi) is 2.74. The second-order valence-corrected chi connectivity index (χ2v) is 4.87. The lowest BCUT2D eigenvalue weighted by molar-refractivity contribution is 0.748. The van der Waals surface area contributed by atoms with Crippen molar-refractivity contribution >= 4 is 16.5 Å². The molecule has 0 radical (unpaired) electrons. The monoisotopic (exact) mass is 211 g/mol. The van der Waals surface area contributed by atoms with E-state index in [1.165, 1.54) is 12.8 Å².